The van der Waals surface area contributed by atoms with E-state index in [1.807, 2.05) is 30.3 Å². The van der Waals surface area contributed by atoms with E-state index in [-0.39, 0.29) is 36.3 Å². The van der Waals surface area contributed by atoms with Crippen LogP contribution < -0.4 is 25.2 Å². The number of piperidine rings is 2. The molecule has 3 saturated heterocycles. The van der Waals surface area contributed by atoms with Crippen LogP contribution in [-0.2, 0) is 9.59 Å². The Kier molecular flexibility index (Phi) is 9.97. The first-order chi connectivity index (χ1) is 26.9. The minimum atomic E-state index is -0.976. The zero-order valence-corrected chi connectivity index (χ0v) is 32.2. The number of fused-ring (bicyclic) bond motifs is 1. The van der Waals surface area contributed by atoms with Crippen LogP contribution >= 0.6 is 11.6 Å². The van der Waals surface area contributed by atoms with Gasteiger partial charge in [-0.05, 0) is 73.9 Å². The Labute approximate surface area is 330 Å². The number of nitrogens with one attached hydrogen (secondary N) is 2. The van der Waals surface area contributed by atoms with Crippen molar-refractivity contribution >= 4 is 52.5 Å². The maximum Gasteiger partial charge on any atom is 0.262 e. The molecule has 3 aromatic rings. The molecule has 1 unspecified atom stereocenters. The Bertz CT molecular complexity index is 2140. The number of rotatable bonds is 8. The molecular formula is C42H44ClN7O6. The summed E-state index contributed by atoms with van der Waals surface area (Å²) < 4.78 is 6.17. The molecule has 0 bridgehead atoms. The van der Waals surface area contributed by atoms with Crippen LogP contribution in [0.15, 0.2) is 60.7 Å². The molecular weight excluding hydrogens is 734 g/mol. The molecule has 56 heavy (non-hydrogen) atoms. The lowest BCUT2D eigenvalue weighted by molar-refractivity contribution is -0.136. The Morgan fingerprint density at radius 3 is 2.20 bits per heavy atom. The molecule has 3 atom stereocenters. The number of anilines is 2. The quantitative estimate of drug-likeness (QED) is 0.315. The third kappa shape index (κ3) is 6.96. The third-order valence-electron chi connectivity index (χ3n) is 12.4. The van der Waals surface area contributed by atoms with Gasteiger partial charge in [0, 0.05) is 92.6 Å². The Morgan fingerprint density at radius 2 is 1.54 bits per heavy atom. The summed E-state index contributed by atoms with van der Waals surface area (Å²) in [5.41, 5.74) is 3.30. The van der Waals surface area contributed by atoms with Gasteiger partial charge in [0.15, 0.2) is 0 Å². The van der Waals surface area contributed by atoms with Gasteiger partial charge in [0.05, 0.1) is 21.7 Å². The van der Waals surface area contributed by atoms with E-state index in [0.29, 0.717) is 45.5 Å². The standard InChI is InChI=1S/C42H44ClN7O6/c1-42(2)35(23-36(42)56-30-9-5-26(24-44)33(43)22-30)45-38(52)25-3-6-27(7-4-25)48-17-19-49(20-18-48)28-13-15-47(16-14-28)29-8-10-31-32(21-29)41(55)50(40(31)54)34-11-12-37(51)46-39(34)53/h3-10,21-22,28,34-36H,11-20,23H2,1-2H3,(H,45,52)(H,46,51,53)/t34?,35-,36-/m0/s1. The lowest BCUT2D eigenvalue weighted by Gasteiger charge is -2.51. The fraction of sp³-hybridized carbons (Fsp3) is 0.429. The fourth-order valence-corrected chi connectivity index (χ4v) is 8.92. The van der Waals surface area contributed by atoms with Gasteiger partial charge in [-0.15, -0.1) is 0 Å². The molecule has 5 amide bonds. The molecule has 8 rings (SSSR count). The molecule has 0 aromatic heterocycles. The normalized spacial score (nSPS) is 24.0. The van der Waals surface area contributed by atoms with E-state index < -0.39 is 29.7 Å². The Balaban J connectivity index is 0.793. The van der Waals surface area contributed by atoms with Crippen molar-refractivity contribution in [3.63, 3.8) is 0 Å². The van der Waals surface area contributed by atoms with Crippen LogP contribution in [0.3, 0.4) is 0 Å². The van der Waals surface area contributed by atoms with Gasteiger partial charge >= 0.3 is 0 Å². The molecule has 5 aliphatic rings. The van der Waals surface area contributed by atoms with E-state index in [4.69, 9.17) is 21.6 Å². The highest BCUT2D eigenvalue weighted by Crippen LogP contribution is 2.43. The zero-order valence-electron chi connectivity index (χ0n) is 31.4. The van der Waals surface area contributed by atoms with Crippen molar-refractivity contribution in [2.24, 2.45) is 5.41 Å². The molecule has 290 valence electrons. The van der Waals surface area contributed by atoms with Crippen LogP contribution in [-0.4, -0.2) is 103 Å². The predicted molar refractivity (Wildman–Crippen MR) is 209 cm³/mol. The number of imide groups is 2. The van der Waals surface area contributed by atoms with Gasteiger partial charge < -0.3 is 19.9 Å². The first-order valence-electron chi connectivity index (χ1n) is 19.3. The third-order valence-corrected chi connectivity index (χ3v) is 12.7. The molecule has 1 saturated carbocycles. The second-order valence-electron chi connectivity index (χ2n) is 15.9. The van der Waals surface area contributed by atoms with Gasteiger partial charge in [-0.1, -0.05) is 25.4 Å². The molecule has 1 aliphatic carbocycles. The van der Waals surface area contributed by atoms with Gasteiger partial charge in [0.25, 0.3) is 17.7 Å². The summed E-state index contributed by atoms with van der Waals surface area (Å²) in [6.45, 7) is 9.45. The van der Waals surface area contributed by atoms with Crippen molar-refractivity contribution in [2.75, 3.05) is 49.1 Å². The number of amides is 5. The Hall–Kier alpha value is -5.45. The summed E-state index contributed by atoms with van der Waals surface area (Å²) in [5.74, 6) is -1.49. The van der Waals surface area contributed by atoms with Crippen molar-refractivity contribution < 1.29 is 28.7 Å². The van der Waals surface area contributed by atoms with E-state index in [2.05, 4.69) is 45.3 Å². The zero-order chi connectivity index (χ0) is 39.3. The second kappa shape index (κ2) is 14.9. The number of hydrogen-bond acceptors (Lipinski definition) is 10. The van der Waals surface area contributed by atoms with Gasteiger partial charge in [-0.25, -0.2) is 0 Å². The minimum absolute atomic E-state index is 0.0467. The van der Waals surface area contributed by atoms with E-state index in [1.165, 1.54) is 0 Å². The number of carbonyl (C=O) groups excluding carboxylic acids is 5. The minimum Gasteiger partial charge on any atom is -0.490 e. The number of nitriles is 1. The lowest BCUT2D eigenvalue weighted by Crippen LogP contribution is -2.63. The van der Waals surface area contributed by atoms with Gasteiger partial charge in [-0.3, -0.25) is 39.1 Å². The number of carbonyl (C=O) groups is 5. The summed E-state index contributed by atoms with van der Waals surface area (Å²) in [7, 11) is 0. The molecule has 2 N–H and O–H groups in total. The van der Waals surface area contributed by atoms with Crippen LogP contribution in [0.4, 0.5) is 11.4 Å². The van der Waals surface area contributed by atoms with Gasteiger partial charge in [0.1, 0.15) is 24.0 Å². The van der Waals surface area contributed by atoms with Crippen LogP contribution in [0.5, 0.6) is 5.75 Å². The average molecular weight is 778 g/mol. The highest BCUT2D eigenvalue weighted by molar-refractivity contribution is 6.31. The van der Waals surface area contributed by atoms with Crippen molar-refractivity contribution in [2.45, 2.75) is 70.2 Å². The number of hydrogen-bond donors (Lipinski definition) is 2. The number of benzene rings is 3. The number of ether oxygens (including phenoxy) is 1. The van der Waals surface area contributed by atoms with E-state index in [1.54, 1.807) is 30.3 Å². The second-order valence-corrected chi connectivity index (χ2v) is 16.3. The van der Waals surface area contributed by atoms with Gasteiger partial charge in [-0.2, -0.15) is 5.26 Å². The molecule has 0 radical (unpaired) electrons. The molecule has 4 heterocycles. The fourth-order valence-electron chi connectivity index (χ4n) is 8.71. The lowest BCUT2D eigenvalue weighted by atomic mass is 9.64. The smallest absolute Gasteiger partial charge is 0.262 e. The van der Waals surface area contributed by atoms with E-state index in [9.17, 15) is 24.0 Å². The maximum atomic E-state index is 13.3. The average Bonchev–Trinajstić information content (AvgIpc) is 3.45. The number of halogens is 1. The summed E-state index contributed by atoms with van der Waals surface area (Å²) in [5, 5.41) is 14.9. The molecule has 4 aliphatic heterocycles. The number of nitrogens with zero attached hydrogens (tertiary/aromatic N) is 5. The monoisotopic (exact) mass is 777 g/mol. The van der Waals surface area contributed by atoms with Crippen molar-refractivity contribution in [3.8, 4) is 11.8 Å². The Morgan fingerprint density at radius 1 is 0.857 bits per heavy atom. The molecule has 0 spiro atoms. The van der Waals surface area contributed by atoms with Crippen molar-refractivity contribution in [3.05, 3.63) is 87.9 Å². The van der Waals surface area contributed by atoms with Crippen LogP contribution in [0.1, 0.15) is 82.6 Å². The highest BCUT2D eigenvalue weighted by atomic mass is 35.5. The largest absolute Gasteiger partial charge is 0.490 e. The molecule has 13 nitrogen and oxygen atoms in total. The summed E-state index contributed by atoms with van der Waals surface area (Å²) in [4.78, 5) is 71.9. The van der Waals surface area contributed by atoms with Crippen LogP contribution in [0, 0.1) is 16.7 Å². The summed E-state index contributed by atoms with van der Waals surface area (Å²) in [6, 6.07) is 19.7. The highest BCUT2D eigenvalue weighted by Gasteiger charge is 2.51. The summed E-state index contributed by atoms with van der Waals surface area (Å²) >= 11 is 6.18. The topological polar surface area (TPSA) is 155 Å². The molecule has 14 heteroatoms. The predicted octanol–water partition coefficient (Wildman–Crippen LogP) is 4.38. The maximum absolute atomic E-state index is 13.3. The molecule has 3 aromatic carbocycles. The first-order valence-corrected chi connectivity index (χ1v) is 19.7. The van der Waals surface area contributed by atoms with Gasteiger partial charge in [0.2, 0.25) is 11.8 Å². The summed E-state index contributed by atoms with van der Waals surface area (Å²) in [6.07, 6.45) is 2.74. The number of piperazine rings is 1. The SMILES string of the molecule is CC1(C)[C@@H](NC(=O)c2ccc(N3CCN(C4CCN(c5ccc6c(c5)C(=O)N(C5CCC(=O)NC5=O)C6=O)CC4)CC3)cc2)C[C@@H]1Oc1ccc(C#N)c(Cl)c1. The first kappa shape index (κ1) is 37.5. The van der Waals surface area contributed by atoms with Crippen LogP contribution in [0.25, 0.3) is 0 Å². The van der Waals surface area contributed by atoms with E-state index >= 15 is 0 Å². The van der Waals surface area contributed by atoms with E-state index in [0.717, 1.165) is 68.4 Å². The van der Waals surface area contributed by atoms with Crippen LogP contribution in [0.2, 0.25) is 5.02 Å². The van der Waals surface area contributed by atoms with Crippen molar-refractivity contribution in [1.29, 1.82) is 5.26 Å². The van der Waals surface area contributed by atoms with Crippen molar-refractivity contribution in [1.82, 2.24) is 20.4 Å². The molecule has 4 fully saturated rings.